The number of carbonyl (C=O) groups excluding carboxylic acids is 1. The number of aliphatic carboxylic acids is 1. The largest absolute Gasteiger partial charge is 0.481 e. The Bertz CT molecular complexity index is 904. The summed E-state index contributed by atoms with van der Waals surface area (Å²) in [6, 6.07) is 12.9. The zero-order valence-corrected chi connectivity index (χ0v) is 15.4. The van der Waals surface area contributed by atoms with E-state index in [0.717, 1.165) is 11.8 Å². The van der Waals surface area contributed by atoms with Crippen molar-refractivity contribution in [1.82, 2.24) is 5.32 Å². The van der Waals surface area contributed by atoms with Crippen LogP contribution in [0.4, 0.5) is 0 Å². The molecule has 0 aliphatic heterocycles. The van der Waals surface area contributed by atoms with Crippen LogP contribution in [0.1, 0.15) is 39.5 Å². The Morgan fingerprint density at radius 3 is 2.35 bits per heavy atom. The maximum Gasteiger partial charge on any atom is 0.305 e. The van der Waals surface area contributed by atoms with Gasteiger partial charge in [0.1, 0.15) is 0 Å². The Hall–Kier alpha value is -2.67. The molecule has 7 heteroatoms. The third-order valence-corrected chi connectivity index (χ3v) is 4.64. The molecular formula is C19H21NO5S. The molecule has 138 valence electrons. The predicted molar refractivity (Wildman–Crippen MR) is 98.6 cm³/mol. The Balaban J connectivity index is 2.22. The summed E-state index contributed by atoms with van der Waals surface area (Å²) in [7, 11) is -3.22. The van der Waals surface area contributed by atoms with E-state index in [-0.39, 0.29) is 17.7 Å². The summed E-state index contributed by atoms with van der Waals surface area (Å²) >= 11 is 0. The third kappa shape index (κ3) is 6.00. The molecule has 0 heterocycles. The fourth-order valence-electron chi connectivity index (χ4n) is 2.57. The summed E-state index contributed by atoms with van der Waals surface area (Å²) < 4.78 is 22.9. The zero-order valence-electron chi connectivity index (χ0n) is 14.6. The van der Waals surface area contributed by atoms with Crippen LogP contribution in [0.3, 0.4) is 0 Å². The summed E-state index contributed by atoms with van der Waals surface area (Å²) in [5.41, 5.74) is 2.51. The molecule has 0 spiro atoms. The van der Waals surface area contributed by atoms with E-state index in [4.69, 9.17) is 5.11 Å². The van der Waals surface area contributed by atoms with E-state index >= 15 is 0 Å². The Labute approximate surface area is 152 Å². The van der Waals surface area contributed by atoms with Gasteiger partial charge >= 0.3 is 5.97 Å². The first-order valence-corrected chi connectivity index (χ1v) is 10.1. The number of carboxylic acids is 1. The Morgan fingerprint density at radius 1 is 1.12 bits per heavy atom. The molecule has 0 bridgehead atoms. The first-order valence-electron chi connectivity index (χ1n) is 8.00. The standard InChI is InChI=1S/C19H21NO5S/c1-13-6-8-15(9-7-13)17(11-18(21)22)20-19(23)16-5-3-4-14(10-16)12-26(2,24)25/h3-10,17H,11-12H2,1-2H3,(H,20,23)(H,21,22)/t17-/m0/s1. The highest BCUT2D eigenvalue weighted by Crippen LogP contribution is 2.19. The monoisotopic (exact) mass is 375 g/mol. The number of benzene rings is 2. The molecule has 0 aliphatic rings. The maximum atomic E-state index is 12.5. The van der Waals surface area contributed by atoms with Crippen molar-refractivity contribution in [3.05, 3.63) is 70.8 Å². The number of nitrogens with one attached hydrogen (secondary N) is 1. The maximum absolute atomic E-state index is 12.5. The average Bonchev–Trinajstić information content (AvgIpc) is 2.53. The van der Waals surface area contributed by atoms with Crippen molar-refractivity contribution in [3.8, 4) is 0 Å². The van der Waals surface area contributed by atoms with Gasteiger partial charge in [-0.15, -0.1) is 0 Å². The van der Waals surface area contributed by atoms with Gasteiger partial charge in [0, 0.05) is 11.8 Å². The van der Waals surface area contributed by atoms with Crippen molar-refractivity contribution < 1.29 is 23.1 Å². The van der Waals surface area contributed by atoms with E-state index in [1.54, 1.807) is 30.3 Å². The van der Waals surface area contributed by atoms with Gasteiger partial charge in [-0.3, -0.25) is 9.59 Å². The van der Waals surface area contributed by atoms with Gasteiger partial charge in [0.25, 0.3) is 5.91 Å². The number of hydrogen-bond acceptors (Lipinski definition) is 4. The highest BCUT2D eigenvalue weighted by Gasteiger charge is 2.19. The fourth-order valence-corrected chi connectivity index (χ4v) is 3.36. The fraction of sp³-hybridized carbons (Fsp3) is 0.263. The lowest BCUT2D eigenvalue weighted by molar-refractivity contribution is -0.137. The molecule has 0 unspecified atom stereocenters. The third-order valence-electron chi connectivity index (χ3n) is 3.78. The van der Waals surface area contributed by atoms with E-state index in [2.05, 4.69) is 5.32 Å². The van der Waals surface area contributed by atoms with E-state index < -0.39 is 27.8 Å². The summed E-state index contributed by atoms with van der Waals surface area (Å²) in [5.74, 6) is -1.64. The number of rotatable bonds is 7. The van der Waals surface area contributed by atoms with Crippen LogP contribution >= 0.6 is 0 Å². The second kappa shape index (κ2) is 8.14. The van der Waals surface area contributed by atoms with E-state index in [9.17, 15) is 18.0 Å². The summed E-state index contributed by atoms with van der Waals surface area (Å²) in [6.45, 7) is 1.92. The summed E-state index contributed by atoms with van der Waals surface area (Å²) in [5, 5.41) is 11.9. The summed E-state index contributed by atoms with van der Waals surface area (Å²) in [6.07, 6.45) is 0.873. The molecule has 0 aromatic heterocycles. The second-order valence-electron chi connectivity index (χ2n) is 6.31. The minimum absolute atomic E-state index is 0.162. The SMILES string of the molecule is Cc1ccc([C@H](CC(=O)O)NC(=O)c2cccc(CS(C)(=O)=O)c2)cc1. The van der Waals surface area contributed by atoms with Gasteiger partial charge in [0.05, 0.1) is 18.2 Å². The lowest BCUT2D eigenvalue weighted by Crippen LogP contribution is -2.30. The molecule has 0 saturated carbocycles. The zero-order chi connectivity index (χ0) is 19.3. The Kier molecular flexibility index (Phi) is 6.15. The van der Waals surface area contributed by atoms with Crippen LogP contribution < -0.4 is 5.32 Å². The topological polar surface area (TPSA) is 101 Å². The van der Waals surface area contributed by atoms with Crippen LogP contribution in [0, 0.1) is 6.92 Å². The molecule has 1 amide bonds. The number of carbonyl (C=O) groups is 2. The van der Waals surface area contributed by atoms with Crippen molar-refractivity contribution in [2.24, 2.45) is 0 Å². The van der Waals surface area contributed by atoms with Gasteiger partial charge in [-0.2, -0.15) is 0 Å². The lowest BCUT2D eigenvalue weighted by atomic mass is 10.0. The highest BCUT2D eigenvalue weighted by molar-refractivity contribution is 7.89. The van der Waals surface area contributed by atoms with Crippen molar-refractivity contribution in [2.45, 2.75) is 25.1 Å². The van der Waals surface area contributed by atoms with Crippen molar-refractivity contribution in [1.29, 1.82) is 0 Å². The molecule has 0 saturated heterocycles. The number of aryl methyl sites for hydroxylation is 1. The van der Waals surface area contributed by atoms with E-state index in [0.29, 0.717) is 11.1 Å². The minimum Gasteiger partial charge on any atom is -0.481 e. The molecule has 2 aromatic carbocycles. The van der Waals surface area contributed by atoms with Crippen LogP contribution in [0.2, 0.25) is 0 Å². The summed E-state index contributed by atoms with van der Waals surface area (Å²) in [4.78, 5) is 23.7. The van der Waals surface area contributed by atoms with Gasteiger partial charge in [-0.1, -0.05) is 42.0 Å². The van der Waals surface area contributed by atoms with Gasteiger partial charge in [-0.25, -0.2) is 8.42 Å². The minimum atomic E-state index is -3.22. The number of amides is 1. The molecule has 2 aromatic rings. The average molecular weight is 375 g/mol. The van der Waals surface area contributed by atoms with Crippen molar-refractivity contribution in [3.63, 3.8) is 0 Å². The van der Waals surface area contributed by atoms with Gasteiger partial charge in [-0.05, 0) is 30.2 Å². The van der Waals surface area contributed by atoms with Crippen LogP contribution in [0.15, 0.2) is 48.5 Å². The van der Waals surface area contributed by atoms with Crippen molar-refractivity contribution in [2.75, 3.05) is 6.26 Å². The van der Waals surface area contributed by atoms with Gasteiger partial charge in [0.2, 0.25) is 0 Å². The van der Waals surface area contributed by atoms with Gasteiger partial charge in [0.15, 0.2) is 9.84 Å². The number of hydrogen-bond donors (Lipinski definition) is 2. The van der Waals surface area contributed by atoms with E-state index in [1.165, 1.54) is 6.07 Å². The first-order chi connectivity index (χ1) is 12.1. The predicted octanol–water partition coefficient (Wildman–Crippen LogP) is 2.49. The molecule has 0 fully saturated rings. The normalized spacial score (nSPS) is 12.4. The van der Waals surface area contributed by atoms with Crippen LogP contribution in [0.25, 0.3) is 0 Å². The van der Waals surface area contributed by atoms with Gasteiger partial charge < -0.3 is 10.4 Å². The van der Waals surface area contributed by atoms with Crippen LogP contribution in [-0.2, 0) is 20.4 Å². The van der Waals surface area contributed by atoms with Crippen molar-refractivity contribution >= 4 is 21.7 Å². The van der Waals surface area contributed by atoms with Crippen LogP contribution in [-0.4, -0.2) is 31.7 Å². The highest BCUT2D eigenvalue weighted by atomic mass is 32.2. The molecule has 2 rings (SSSR count). The van der Waals surface area contributed by atoms with E-state index in [1.807, 2.05) is 19.1 Å². The molecule has 1 atom stereocenters. The second-order valence-corrected chi connectivity index (χ2v) is 8.45. The smallest absolute Gasteiger partial charge is 0.305 e. The molecule has 26 heavy (non-hydrogen) atoms. The first kappa shape index (κ1) is 19.7. The lowest BCUT2D eigenvalue weighted by Gasteiger charge is -2.18. The molecular weight excluding hydrogens is 354 g/mol. The number of sulfone groups is 1. The molecule has 0 aliphatic carbocycles. The molecule has 2 N–H and O–H groups in total. The molecule has 6 nitrogen and oxygen atoms in total. The molecule has 0 radical (unpaired) electrons. The van der Waals surface area contributed by atoms with Crippen LogP contribution in [0.5, 0.6) is 0 Å². The Morgan fingerprint density at radius 2 is 1.77 bits per heavy atom. The number of carboxylic acid groups (broad SMARTS) is 1. The quantitative estimate of drug-likeness (QED) is 0.774.